The normalized spacial score (nSPS) is 11.7. The van der Waals surface area contributed by atoms with E-state index >= 15 is 0 Å². The monoisotopic (exact) mass is 288 g/mol. The molecule has 0 fully saturated rings. The molecule has 0 rings (SSSR count). The van der Waals surface area contributed by atoms with Gasteiger partial charge in [0.05, 0.1) is 18.6 Å². The molecule has 0 aromatic heterocycles. The van der Waals surface area contributed by atoms with Gasteiger partial charge in [0.15, 0.2) is 0 Å². The Morgan fingerprint density at radius 3 is 1.75 bits per heavy atom. The highest BCUT2D eigenvalue weighted by Crippen LogP contribution is 2.27. The van der Waals surface area contributed by atoms with Crippen molar-refractivity contribution in [1.82, 2.24) is 4.90 Å². The van der Waals surface area contributed by atoms with Gasteiger partial charge in [-0.2, -0.15) is 0 Å². The summed E-state index contributed by atoms with van der Waals surface area (Å²) in [5.74, 6) is 0.129. The van der Waals surface area contributed by atoms with E-state index in [1.165, 1.54) is 0 Å². The van der Waals surface area contributed by atoms with Crippen molar-refractivity contribution in [3.8, 4) is 0 Å². The average Bonchev–Trinajstić information content (AvgIpc) is 2.48. The van der Waals surface area contributed by atoms with Crippen molar-refractivity contribution in [2.24, 2.45) is 11.1 Å². The standard InChI is InChI=1S/C15H32N2O3/c1-5-15(6-2,13-16)14(18)17(9-11-19-7-3)10-12-20-8-4/h5-13,16H2,1-4H3. The van der Waals surface area contributed by atoms with Crippen LogP contribution < -0.4 is 5.73 Å². The van der Waals surface area contributed by atoms with E-state index in [2.05, 4.69) is 0 Å². The lowest BCUT2D eigenvalue weighted by atomic mass is 9.81. The fourth-order valence-electron chi connectivity index (χ4n) is 2.22. The van der Waals surface area contributed by atoms with Crippen LogP contribution in [0, 0.1) is 5.41 Å². The molecule has 0 spiro atoms. The summed E-state index contributed by atoms with van der Waals surface area (Å²) in [5, 5.41) is 0. The van der Waals surface area contributed by atoms with E-state index in [9.17, 15) is 4.79 Å². The van der Waals surface area contributed by atoms with E-state index in [4.69, 9.17) is 15.2 Å². The first-order valence-corrected chi connectivity index (χ1v) is 7.76. The summed E-state index contributed by atoms with van der Waals surface area (Å²) in [6, 6.07) is 0. The van der Waals surface area contributed by atoms with Crippen molar-refractivity contribution in [3.63, 3.8) is 0 Å². The summed E-state index contributed by atoms with van der Waals surface area (Å²) in [4.78, 5) is 14.6. The van der Waals surface area contributed by atoms with Gasteiger partial charge in [-0.05, 0) is 26.7 Å². The number of hydrogen-bond acceptors (Lipinski definition) is 4. The molecule has 120 valence electrons. The Morgan fingerprint density at radius 2 is 1.45 bits per heavy atom. The van der Waals surface area contributed by atoms with Gasteiger partial charge in [0, 0.05) is 32.8 Å². The van der Waals surface area contributed by atoms with Crippen molar-refractivity contribution in [3.05, 3.63) is 0 Å². The molecule has 0 saturated heterocycles. The van der Waals surface area contributed by atoms with Crippen molar-refractivity contribution < 1.29 is 14.3 Å². The van der Waals surface area contributed by atoms with Crippen LogP contribution in [0.3, 0.4) is 0 Å². The number of nitrogens with zero attached hydrogens (tertiary/aromatic N) is 1. The maximum Gasteiger partial charge on any atom is 0.230 e. The van der Waals surface area contributed by atoms with Crippen LogP contribution >= 0.6 is 0 Å². The molecule has 5 nitrogen and oxygen atoms in total. The molecule has 0 aliphatic heterocycles. The van der Waals surface area contributed by atoms with Crippen LogP contribution in [0.1, 0.15) is 40.5 Å². The van der Waals surface area contributed by atoms with Gasteiger partial charge in [-0.1, -0.05) is 13.8 Å². The highest BCUT2D eigenvalue weighted by molar-refractivity contribution is 5.83. The van der Waals surface area contributed by atoms with Gasteiger partial charge in [0.1, 0.15) is 0 Å². The number of ether oxygens (including phenoxy) is 2. The van der Waals surface area contributed by atoms with Crippen LogP contribution in [-0.2, 0) is 14.3 Å². The number of nitrogens with two attached hydrogens (primary N) is 1. The van der Waals surface area contributed by atoms with E-state index in [-0.39, 0.29) is 5.91 Å². The number of hydrogen-bond donors (Lipinski definition) is 1. The quantitative estimate of drug-likeness (QED) is 0.555. The van der Waals surface area contributed by atoms with Gasteiger partial charge in [-0.25, -0.2) is 0 Å². The predicted octanol–water partition coefficient (Wildman–Crippen LogP) is 1.65. The highest BCUT2D eigenvalue weighted by atomic mass is 16.5. The Hall–Kier alpha value is -0.650. The minimum absolute atomic E-state index is 0.129. The number of carbonyl (C=O) groups is 1. The maximum atomic E-state index is 12.8. The number of amides is 1. The van der Waals surface area contributed by atoms with E-state index in [1.54, 1.807) is 0 Å². The Kier molecular flexibility index (Phi) is 10.7. The predicted molar refractivity (Wildman–Crippen MR) is 81.6 cm³/mol. The fraction of sp³-hybridized carbons (Fsp3) is 0.933. The lowest BCUT2D eigenvalue weighted by Gasteiger charge is -2.35. The molecule has 2 N–H and O–H groups in total. The molecule has 5 heteroatoms. The first-order valence-electron chi connectivity index (χ1n) is 7.76. The zero-order chi connectivity index (χ0) is 15.4. The van der Waals surface area contributed by atoms with Crippen molar-refractivity contribution in [2.75, 3.05) is 46.1 Å². The molecule has 0 aromatic rings. The van der Waals surface area contributed by atoms with Gasteiger partial charge < -0.3 is 20.1 Å². The zero-order valence-corrected chi connectivity index (χ0v) is 13.6. The second-order valence-electron chi connectivity index (χ2n) is 4.88. The second kappa shape index (κ2) is 11.1. The zero-order valence-electron chi connectivity index (χ0n) is 13.6. The van der Waals surface area contributed by atoms with Gasteiger partial charge in [-0.15, -0.1) is 0 Å². The van der Waals surface area contributed by atoms with Crippen molar-refractivity contribution in [1.29, 1.82) is 0 Å². The summed E-state index contributed by atoms with van der Waals surface area (Å²) >= 11 is 0. The second-order valence-corrected chi connectivity index (χ2v) is 4.88. The van der Waals surface area contributed by atoms with Gasteiger partial charge in [0.2, 0.25) is 5.91 Å². The van der Waals surface area contributed by atoms with Gasteiger partial charge in [0.25, 0.3) is 0 Å². The van der Waals surface area contributed by atoms with Crippen molar-refractivity contribution in [2.45, 2.75) is 40.5 Å². The fourth-order valence-corrected chi connectivity index (χ4v) is 2.22. The molecule has 0 unspecified atom stereocenters. The Balaban J connectivity index is 4.73. The summed E-state index contributed by atoms with van der Waals surface area (Å²) in [6.45, 7) is 12.0. The Labute approximate surface area is 123 Å². The lowest BCUT2D eigenvalue weighted by molar-refractivity contribution is -0.143. The van der Waals surface area contributed by atoms with Crippen LogP contribution in [0.4, 0.5) is 0 Å². The molecule has 0 heterocycles. The molecule has 0 aliphatic rings. The van der Waals surface area contributed by atoms with Gasteiger partial charge >= 0.3 is 0 Å². The Morgan fingerprint density at radius 1 is 1.00 bits per heavy atom. The largest absolute Gasteiger partial charge is 0.380 e. The minimum atomic E-state index is -0.446. The molecule has 0 saturated carbocycles. The van der Waals surface area contributed by atoms with E-state index in [0.29, 0.717) is 46.1 Å². The highest BCUT2D eigenvalue weighted by Gasteiger charge is 2.36. The minimum Gasteiger partial charge on any atom is -0.380 e. The molecule has 0 atom stereocenters. The number of carbonyl (C=O) groups excluding carboxylic acids is 1. The Bertz CT molecular complexity index is 237. The summed E-state index contributed by atoms with van der Waals surface area (Å²) in [6.07, 6.45) is 1.53. The summed E-state index contributed by atoms with van der Waals surface area (Å²) < 4.78 is 10.7. The van der Waals surface area contributed by atoms with Crippen LogP contribution in [0.15, 0.2) is 0 Å². The smallest absolute Gasteiger partial charge is 0.230 e. The molecule has 0 bridgehead atoms. The van der Waals surface area contributed by atoms with E-state index in [0.717, 1.165) is 12.8 Å². The molecular formula is C15H32N2O3. The molecule has 0 aromatic carbocycles. The van der Waals surface area contributed by atoms with E-state index in [1.807, 2.05) is 32.6 Å². The summed E-state index contributed by atoms with van der Waals surface area (Å²) in [5.41, 5.74) is 5.42. The van der Waals surface area contributed by atoms with Crippen LogP contribution in [0.25, 0.3) is 0 Å². The van der Waals surface area contributed by atoms with Crippen molar-refractivity contribution >= 4 is 5.91 Å². The molecule has 1 amide bonds. The molecule has 0 aliphatic carbocycles. The topological polar surface area (TPSA) is 64.8 Å². The third-order valence-corrected chi connectivity index (χ3v) is 3.90. The molecule has 0 radical (unpaired) electrons. The SMILES string of the molecule is CCOCCN(CCOCC)C(=O)C(CC)(CC)CN. The lowest BCUT2D eigenvalue weighted by Crippen LogP contribution is -2.49. The number of rotatable bonds is 12. The third kappa shape index (κ3) is 5.77. The van der Waals surface area contributed by atoms with Crippen LogP contribution in [-0.4, -0.2) is 56.9 Å². The molecular weight excluding hydrogens is 256 g/mol. The maximum absolute atomic E-state index is 12.8. The summed E-state index contributed by atoms with van der Waals surface area (Å²) in [7, 11) is 0. The van der Waals surface area contributed by atoms with Crippen LogP contribution in [0.2, 0.25) is 0 Å². The first kappa shape index (κ1) is 19.4. The van der Waals surface area contributed by atoms with Crippen LogP contribution in [0.5, 0.6) is 0 Å². The van der Waals surface area contributed by atoms with Gasteiger partial charge in [-0.3, -0.25) is 4.79 Å². The third-order valence-electron chi connectivity index (χ3n) is 3.90. The first-order chi connectivity index (χ1) is 9.61. The average molecular weight is 288 g/mol. The molecule has 20 heavy (non-hydrogen) atoms. The van der Waals surface area contributed by atoms with E-state index < -0.39 is 5.41 Å².